The van der Waals surface area contributed by atoms with Gasteiger partial charge in [-0.3, -0.25) is 0 Å². The number of rotatable bonds is 4. The highest BCUT2D eigenvalue weighted by atomic mass is 19.3. The molecule has 18 heavy (non-hydrogen) atoms. The van der Waals surface area contributed by atoms with Crippen molar-refractivity contribution in [2.75, 3.05) is 19.7 Å². The molecule has 2 nitrogen and oxygen atoms in total. The second kappa shape index (κ2) is 5.65. The van der Waals surface area contributed by atoms with Crippen LogP contribution in [0, 0.1) is 5.92 Å². The van der Waals surface area contributed by atoms with Crippen molar-refractivity contribution in [2.45, 2.75) is 25.7 Å². The summed E-state index contributed by atoms with van der Waals surface area (Å²) in [5.41, 5.74) is -0.0288. The van der Waals surface area contributed by atoms with Crippen molar-refractivity contribution in [3.63, 3.8) is 0 Å². The molecule has 0 atom stereocenters. The van der Waals surface area contributed by atoms with Crippen LogP contribution in [0.1, 0.15) is 25.3 Å². The van der Waals surface area contributed by atoms with E-state index in [0.717, 1.165) is 32.9 Å². The van der Waals surface area contributed by atoms with Gasteiger partial charge in [-0.2, -0.15) is 0 Å². The lowest BCUT2D eigenvalue weighted by atomic mass is 9.99. The van der Waals surface area contributed by atoms with Crippen LogP contribution in [-0.4, -0.2) is 19.7 Å². The van der Waals surface area contributed by atoms with E-state index < -0.39 is 5.92 Å². The van der Waals surface area contributed by atoms with Gasteiger partial charge in [0, 0.05) is 6.92 Å². The molecule has 100 valence electrons. The molecule has 1 heterocycles. The summed E-state index contributed by atoms with van der Waals surface area (Å²) in [6, 6.07) is 6.39. The fraction of sp³-hybridized carbons (Fsp3) is 0.571. The van der Waals surface area contributed by atoms with Gasteiger partial charge in [0.15, 0.2) is 0 Å². The molecule has 4 heteroatoms. The Morgan fingerprint density at radius 1 is 1.28 bits per heavy atom. The summed E-state index contributed by atoms with van der Waals surface area (Å²) >= 11 is 0. The van der Waals surface area contributed by atoms with Crippen molar-refractivity contribution in [3.05, 3.63) is 29.8 Å². The standard InChI is InChI=1S/C14H19F2NO/c1-14(15,16)12-4-2-3-5-13(12)18-10-11-6-8-17-9-7-11/h2-5,11,17H,6-10H2,1H3. The summed E-state index contributed by atoms with van der Waals surface area (Å²) < 4.78 is 32.4. The molecule has 0 saturated carbocycles. The van der Waals surface area contributed by atoms with E-state index >= 15 is 0 Å². The van der Waals surface area contributed by atoms with Crippen molar-refractivity contribution >= 4 is 0 Å². The molecule has 2 rings (SSSR count). The van der Waals surface area contributed by atoms with Crippen LogP contribution in [-0.2, 0) is 5.92 Å². The van der Waals surface area contributed by atoms with Gasteiger partial charge >= 0.3 is 0 Å². The summed E-state index contributed by atoms with van der Waals surface area (Å²) in [7, 11) is 0. The van der Waals surface area contributed by atoms with Gasteiger partial charge < -0.3 is 10.1 Å². The number of ether oxygens (including phenoxy) is 1. The number of hydrogen-bond acceptors (Lipinski definition) is 2. The quantitative estimate of drug-likeness (QED) is 0.892. The Labute approximate surface area is 106 Å². The van der Waals surface area contributed by atoms with Gasteiger partial charge in [-0.1, -0.05) is 12.1 Å². The van der Waals surface area contributed by atoms with E-state index in [9.17, 15) is 8.78 Å². The highest BCUT2D eigenvalue weighted by molar-refractivity contribution is 5.36. The number of nitrogens with one attached hydrogen (secondary N) is 1. The molecule has 1 aliphatic heterocycles. The molecule has 0 amide bonds. The highest BCUT2D eigenvalue weighted by Gasteiger charge is 2.28. The molecule has 0 radical (unpaired) electrons. The Balaban J connectivity index is 2.00. The third-order valence-corrected chi connectivity index (χ3v) is 3.29. The fourth-order valence-electron chi connectivity index (χ4n) is 2.21. The number of benzene rings is 1. The summed E-state index contributed by atoms with van der Waals surface area (Å²) in [4.78, 5) is 0. The lowest BCUT2D eigenvalue weighted by Gasteiger charge is -2.24. The molecule has 0 aromatic heterocycles. The molecular weight excluding hydrogens is 236 g/mol. The summed E-state index contributed by atoms with van der Waals surface area (Å²) in [5, 5.41) is 3.27. The number of hydrogen-bond donors (Lipinski definition) is 1. The Morgan fingerprint density at radius 3 is 2.61 bits per heavy atom. The number of halogens is 2. The van der Waals surface area contributed by atoms with Crippen molar-refractivity contribution in [3.8, 4) is 5.75 Å². The summed E-state index contributed by atoms with van der Waals surface area (Å²) in [6.45, 7) is 3.40. The highest BCUT2D eigenvalue weighted by Crippen LogP contribution is 2.34. The number of piperidine rings is 1. The lowest BCUT2D eigenvalue weighted by Crippen LogP contribution is -2.30. The first kappa shape index (κ1) is 13.3. The zero-order valence-corrected chi connectivity index (χ0v) is 10.6. The largest absolute Gasteiger partial charge is 0.493 e. The topological polar surface area (TPSA) is 21.3 Å². The van der Waals surface area contributed by atoms with Crippen LogP contribution in [0.25, 0.3) is 0 Å². The van der Waals surface area contributed by atoms with Crippen LogP contribution < -0.4 is 10.1 Å². The zero-order chi connectivity index (χ0) is 13.0. The molecule has 0 spiro atoms. The van der Waals surface area contributed by atoms with E-state index in [2.05, 4.69) is 5.32 Å². The van der Waals surface area contributed by atoms with Gasteiger partial charge in [0.25, 0.3) is 5.92 Å². The van der Waals surface area contributed by atoms with Crippen molar-refractivity contribution in [1.29, 1.82) is 0 Å². The molecule has 1 fully saturated rings. The Kier molecular flexibility index (Phi) is 4.17. The van der Waals surface area contributed by atoms with Gasteiger partial charge in [0.05, 0.1) is 12.2 Å². The molecule has 1 aromatic carbocycles. The normalized spacial score (nSPS) is 17.7. The van der Waals surface area contributed by atoms with E-state index in [1.807, 2.05) is 0 Å². The first-order valence-corrected chi connectivity index (χ1v) is 6.38. The van der Waals surface area contributed by atoms with Gasteiger partial charge in [0.1, 0.15) is 5.75 Å². The van der Waals surface area contributed by atoms with Crippen molar-refractivity contribution < 1.29 is 13.5 Å². The third kappa shape index (κ3) is 3.42. The molecule has 1 saturated heterocycles. The second-order valence-electron chi connectivity index (χ2n) is 4.89. The van der Waals surface area contributed by atoms with Crippen molar-refractivity contribution in [2.24, 2.45) is 5.92 Å². The van der Waals surface area contributed by atoms with Crippen LogP contribution in [0.2, 0.25) is 0 Å². The van der Waals surface area contributed by atoms with Gasteiger partial charge in [-0.15, -0.1) is 0 Å². The first-order valence-electron chi connectivity index (χ1n) is 6.38. The maximum Gasteiger partial charge on any atom is 0.274 e. The average Bonchev–Trinajstić information content (AvgIpc) is 2.37. The van der Waals surface area contributed by atoms with Crippen LogP contribution >= 0.6 is 0 Å². The summed E-state index contributed by atoms with van der Waals surface area (Å²) in [6.07, 6.45) is 2.09. The molecule has 0 bridgehead atoms. The molecule has 0 aliphatic carbocycles. The Morgan fingerprint density at radius 2 is 1.94 bits per heavy atom. The molecule has 0 unspecified atom stereocenters. The van der Waals surface area contributed by atoms with E-state index in [1.54, 1.807) is 18.2 Å². The van der Waals surface area contributed by atoms with Crippen LogP contribution in [0.3, 0.4) is 0 Å². The SMILES string of the molecule is CC(F)(F)c1ccccc1OCC1CCNCC1. The third-order valence-electron chi connectivity index (χ3n) is 3.29. The minimum atomic E-state index is -2.86. The maximum absolute atomic E-state index is 13.4. The van der Waals surface area contributed by atoms with E-state index in [4.69, 9.17) is 4.74 Å². The Hall–Kier alpha value is -1.16. The predicted octanol–water partition coefficient (Wildman–Crippen LogP) is 3.18. The molecule has 1 N–H and O–H groups in total. The average molecular weight is 255 g/mol. The molecule has 1 aromatic rings. The maximum atomic E-state index is 13.4. The van der Waals surface area contributed by atoms with Crippen molar-refractivity contribution in [1.82, 2.24) is 5.32 Å². The Bertz CT molecular complexity index is 384. The van der Waals surface area contributed by atoms with E-state index in [0.29, 0.717) is 18.3 Å². The van der Waals surface area contributed by atoms with Gasteiger partial charge in [-0.25, -0.2) is 8.78 Å². The van der Waals surface area contributed by atoms with Crippen LogP contribution in [0.5, 0.6) is 5.75 Å². The monoisotopic (exact) mass is 255 g/mol. The van der Waals surface area contributed by atoms with E-state index in [1.165, 1.54) is 6.07 Å². The molecule has 1 aliphatic rings. The minimum absolute atomic E-state index is 0.0288. The fourth-order valence-corrected chi connectivity index (χ4v) is 2.21. The number of alkyl halides is 2. The lowest BCUT2D eigenvalue weighted by molar-refractivity contribution is 0.0139. The minimum Gasteiger partial charge on any atom is -0.493 e. The first-order chi connectivity index (χ1) is 8.57. The number of para-hydroxylation sites is 1. The predicted molar refractivity (Wildman–Crippen MR) is 67.1 cm³/mol. The van der Waals surface area contributed by atoms with E-state index in [-0.39, 0.29) is 5.56 Å². The smallest absolute Gasteiger partial charge is 0.274 e. The van der Waals surface area contributed by atoms with Crippen LogP contribution in [0.15, 0.2) is 24.3 Å². The van der Waals surface area contributed by atoms with Crippen LogP contribution in [0.4, 0.5) is 8.78 Å². The summed E-state index contributed by atoms with van der Waals surface area (Å²) in [5.74, 6) is -2.08. The van der Waals surface area contributed by atoms with Gasteiger partial charge in [0.2, 0.25) is 0 Å². The van der Waals surface area contributed by atoms with Gasteiger partial charge in [-0.05, 0) is 44.0 Å². The second-order valence-corrected chi connectivity index (χ2v) is 4.89. The molecular formula is C14H19F2NO. The zero-order valence-electron chi connectivity index (χ0n) is 10.6.